The molecule has 0 aliphatic carbocycles. The predicted molar refractivity (Wildman–Crippen MR) is 68.7 cm³/mol. The minimum Gasteiger partial charge on any atom is -0.340 e. The summed E-state index contributed by atoms with van der Waals surface area (Å²) in [6.45, 7) is 2.01. The van der Waals surface area contributed by atoms with Gasteiger partial charge in [0.05, 0.1) is 5.02 Å². The van der Waals surface area contributed by atoms with Crippen LogP contribution in [0.4, 0.5) is 11.5 Å². The molecule has 0 saturated heterocycles. The van der Waals surface area contributed by atoms with Gasteiger partial charge in [0.2, 0.25) is 0 Å². The molecule has 0 fully saturated rings. The van der Waals surface area contributed by atoms with Gasteiger partial charge in [0.25, 0.3) is 0 Å². The first kappa shape index (κ1) is 11.2. The Morgan fingerprint density at radius 2 is 1.81 bits per heavy atom. The van der Waals surface area contributed by atoms with E-state index in [2.05, 4.69) is 10.3 Å². The van der Waals surface area contributed by atoms with Crippen LogP contribution in [0.25, 0.3) is 0 Å². The van der Waals surface area contributed by atoms with Crippen molar-refractivity contribution in [2.24, 2.45) is 0 Å². The van der Waals surface area contributed by atoms with Crippen LogP contribution in [0.3, 0.4) is 0 Å². The van der Waals surface area contributed by atoms with Crippen LogP contribution in [0.5, 0.6) is 0 Å². The highest BCUT2D eigenvalue weighted by Gasteiger charge is 2.00. The Kier molecular flexibility index (Phi) is 3.32. The Balaban J connectivity index is 2.26. The van der Waals surface area contributed by atoms with Gasteiger partial charge in [-0.2, -0.15) is 0 Å². The van der Waals surface area contributed by atoms with Crippen molar-refractivity contribution in [1.82, 2.24) is 4.98 Å². The van der Waals surface area contributed by atoms with Crippen LogP contribution in [0, 0.1) is 6.92 Å². The van der Waals surface area contributed by atoms with Crippen LogP contribution in [-0.4, -0.2) is 4.98 Å². The van der Waals surface area contributed by atoms with Crippen LogP contribution in [0.2, 0.25) is 10.0 Å². The molecule has 4 heteroatoms. The third kappa shape index (κ3) is 2.65. The predicted octanol–water partition coefficient (Wildman–Crippen LogP) is 4.44. The van der Waals surface area contributed by atoms with E-state index in [0.717, 1.165) is 17.1 Å². The van der Waals surface area contributed by atoms with Crippen molar-refractivity contribution in [3.63, 3.8) is 0 Å². The van der Waals surface area contributed by atoms with Crippen molar-refractivity contribution in [3.05, 3.63) is 52.1 Å². The third-order valence-electron chi connectivity index (χ3n) is 2.19. The maximum Gasteiger partial charge on any atom is 0.130 e. The molecule has 1 aromatic carbocycles. The minimum atomic E-state index is 0.619. The molecule has 2 aromatic rings. The monoisotopic (exact) mass is 252 g/mol. The largest absolute Gasteiger partial charge is 0.340 e. The average Bonchev–Trinajstić information content (AvgIpc) is 2.27. The van der Waals surface area contributed by atoms with Crippen LogP contribution in [-0.2, 0) is 0 Å². The Labute approximate surface area is 104 Å². The summed E-state index contributed by atoms with van der Waals surface area (Å²) in [5.74, 6) is 0.745. The molecule has 0 spiro atoms. The number of hydrogen-bond acceptors (Lipinski definition) is 2. The van der Waals surface area contributed by atoms with Gasteiger partial charge in [-0.15, -0.1) is 0 Å². The normalized spacial score (nSPS) is 10.2. The standard InChI is InChI=1S/C12H10Cl2N2/c1-8-2-3-9(13)6-11(8)16-12-5-4-10(14)7-15-12/h2-7H,1H3,(H,15,16). The number of rotatable bonds is 2. The van der Waals surface area contributed by atoms with E-state index in [1.54, 1.807) is 12.3 Å². The lowest BCUT2D eigenvalue weighted by Crippen LogP contribution is -1.95. The van der Waals surface area contributed by atoms with E-state index < -0.39 is 0 Å². The first-order chi connectivity index (χ1) is 7.65. The molecule has 1 aromatic heterocycles. The summed E-state index contributed by atoms with van der Waals surface area (Å²) < 4.78 is 0. The van der Waals surface area contributed by atoms with Crippen molar-refractivity contribution in [2.75, 3.05) is 5.32 Å². The van der Waals surface area contributed by atoms with Crippen LogP contribution in [0.15, 0.2) is 36.5 Å². The third-order valence-corrected chi connectivity index (χ3v) is 2.65. The quantitative estimate of drug-likeness (QED) is 0.855. The fourth-order valence-electron chi connectivity index (χ4n) is 1.32. The van der Waals surface area contributed by atoms with E-state index in [9.17, 15) is 0 Å². The second-order valence-electron chi connectivity index (χ2n) is 3.45. The first-order valence-corrected chi connectivity index (χ1v) is 5.55. The summed E-state index contributed by atoms with van der Waals surface area (Å²) >= 11 is 11.7. The summed E-state index contributed by atoms with van der Waals surface area (Å²) in [4.78, 5) is 4.16. The lowest BCUT2D eigenvalue weighted by atomic mass is 10.2. The summed E-state index contributed by atoms with van der Waals surface area (Å²) in [5.41, 5.74) is 2.06. The highest BCUT2D eigenvalue weighted by molar-refractivity contribution is 6.31. The molecule has 1 heterocycles. The Hall–Kier alpha value is -1.25. The molecule has 0 unspecified atom stereocenters. The smallest absolute Gasteiger partial charge is 0.130 e. The van der Waals surface area contributed by atoms with Crippen molar-refractivity contribution in [2.45, 2.75) is 6.92 Å². The van der Waals surface area contributed by atoms with E-state index in [0.29, 0.717) is 10.0 Å². The second-order valence-corrected chi connectivity index (χ2v) is 4.32. The lowest BCUT2D eigenvalue weighted by Gasteiger charge is -2.08. The highest BCUT2D eigenvalue weighted by atomic mass is 35.5. The molecule has 2 rings (SSSR count). The van der Waals surface area contributed by atoms with Crippen molar-refractivity contribution >= 4 is 34.7 Å². The molecular weight excluding hydrogens is 243 g/mol. The van der Waals surface area contributed by atoms with Gasteiger partial charge in [-0.25, -0.2) is 4.98 Å². The zero-order valence-corrected chi connectivity index (χ0v) is 10.2. The van der Waals surface area contributed by atoms with E-state index in [1.165, 1.54) is 0 Å². The molecule has 0 radical (unpaired) electrons. The van der Waals surface area contributed by atoms with Crippen LogP contribution in [0.1, 0.15) is 5.56 Å². The van der Waals surface area contributed by atoms with Crippen molar-refractivity contribution in [1.29, 1.82) is 0 Å². The van der Waals surface area contributed by atoms with E-state index in [4.69, 9.17) is 23.2 Å². The number of halogens is 2. The molecule has 0 aliphatic heterocycles. The Morgan fingerprint density at radius 1 is 1.06 bits per heavy atom. The zero-order valence-electron chi connectivity index (χ0n) is 8.67. The fraction of sp³-hybridized carbons (Fsp3) is 0.0833. The maximum atomic E-state index is 5.93. The molecule has 0 amide bonds. The van der Waals surface area contributed by atoms with Gasteiger partial charge < -0.3 is 5.32 Å². The van der Waals surface area contributed by atoms with Gasteiger partial charge in [-0.1, -0.05) is 29.3 Å². The number of nitrogens with zero attached hydrogens (tertiary/aromatic N) is 1. The molecular formula is C12H10Cl2N2. The number of benzene rings is 1. The number of pyridine rings is 1. The second kappa shape index (κ2) is 4.73. The summed E-state index contributed by atoms with van der Waals surface area (Å²) in [6.07, 6.45) is 1.60. The minimum absolute atomic E-state index is 0.619. The van der Waals surface area contributed by atoms with Gasteiger partial charge in [-0.3, -0.25) is 0 Å². The molecule has 82 valence electrons. The van der Waals surface area contributed by atoms with E-state index in [1.807, 2.05) is 31.2 Å². The highest BCUT2D eigenvalue weighted by Crippen LogP contribution is 2.23. The molecule has 0 atom stereocenters. The first-order valence-electron chi connectivity index (χ1n) is 4.80. The Bertz CT molecular complexity index is 495. The average molecular weight is 253 g/mol. The van der Waals surface area contributed by atoms with Crippen LogP contribution < -0.4 is 5.32 Å². The topological polar surface area (TPSA) is 24.9 Å². The molecule has 0 bridgehead atoms. The van der Waals surface area contributed by atoms with Crippen molar-refractivity contribution < 1.29 is 0 Å². The van der Waals surface area contributed by atoms with Gasteiger partial charge in [0.15, 0.2) is 0 Å². The molecule has 2 nitrogen and oxygen atoms in total. The Morgan fingerprint density at radius 3 is 2.50 bits per heavy atom. The van der Waals surface area contributed by atoms with E-state index >= 15 is 0 Å². The molecule has 0 aliphatic rings. The summed E-state index contributed by atoms with van der Waals surface area (Å²) in [6, 6.07) is 9.30. The molecule has 16 heavy (non-hydrogen) atoms. The fourth-order valence-corrected chi connectivity index (χ4v) is 1.60. The van der Waals surface area contributed by atoms with E-state index in [-0.39, 0.29) is 0 Å². The van der Waals surface area contributed by atoms with Gasteiger partial charge in [0.1, 0.15) is 5.82 Å². The molecule has 1 N–H and O–H groups in total. The van der Waals surface area contributed by atoms with Crippen LogP contribution >= 0.6 is 23.2 Å². The number of nitrogens with one attached hydrogen (secondary N) is 1. The SMILES string of the molecule is Cc1ccc(Cl)cc1Nc1ccc(Cl)cn1. The van der Waals surface area contributed by atoms with Crippen molar-refractivity contribution in [3.8, 4) is 0 Å². The summed E-state index contributed by atoms with van der Waals surface area (Å²) in [7, 11) is 0. The number of hydrogen-bond donors (Lipinski definition) is 1. The lowest BCUT2D eigenvalue weighted by molar-refractivity contribution is 1.30. The number of anilines is 2. The summed E-state index contributed by atoms with van der Waals surface area (Å²) in [5, 5.41) is 4.50. The zero-order chi connectivity index (χ0) is 11.5. The van der Waals surface area contributed by atoms with Gasteiger partial charge in [-0.05, 0) is 36.8 Å². The molecule has 0 saturated carbocycles. The van der Waals surface area contributed by atoms with Gasteiger partial charge >= 0.3 is 0 Å². The maximum absolute atomic E-state index is 5.93. The van der Waals surface area contributed by atoms with Gasteiger partial charge in [0, 0.05) is 16.9 Å². The number of aryl methyl sites for hydroxylation is 1. The number of aromatic nitrogens is 1.